The van der Waals surface area contributed by atoms with Crippen LogP contribution in [-0.2, 0) is 0 Å². The molecule has 1 heterocycles. The number of hydrogen-bond acceptors (Lipinski definition) is 2. The number of methoxy groups -OCH3 is 1. The normalized spacial score (nSPS) is 15.9. The average molecular weight is 323 g/mol. The van der Waals surface area contributed by atoms with Crippen molar-refractivity contribution in [3.05, 3.63) is 60.2 Å². The molecule has 0 atom stereocenters. The molecule has 1 aliphatic rings. The highest BCUT2D eigenvalue weighted by molar-refractivity contribution is 5.83. The topological polar surface area (TPSA) is 22.1 Å². The number of ether oxygens (including phenoxy) is 1. The fourth-order valence-electron chi connectivity index (χ4n) is 3.25. The zero-order valence-electron chi connectivity index (χ0n) is 14.4. The van der Waals surface area contributed by atoms with Gasteiger partial charge in [0.15, 0.2) is 0 Å². The van der Waals surface area contributed by atoms with Crippen molar-refractivity contribution in [3.63, 3.8) is 0 Å². The van der Waals surface area contributed by atoms with Crippen LogP contribution in [0.2, 0.25) is 0 Å². The van der Waals surface area contributed by atoms with Crippen molar-refractivity contribution in [2.24, 2.45) is 5.41 Å². The Morgan fingerprint density at radius 3 is 2.62 bits per heavy atom. The Morgan fingerprint density at radius 2 is 2.00 bits per heavy atom. The van der Waals surface area contributed by atoms with Crippen LogP contribution in [0.25, 0.3) is 22.8 Å². The van der Waals surface area contributed by atoms with Gasteiger partial charge in [-0.1, -0.05) is 26.5 Å². The summed E-state index contributed by atoms with van der Waals surface area (Å²) >= 11 is 0. The highest BCUT2D eigenvalue weighted by atomic mass is 19.1. The van der Waals surface area contributed by atoms with Gasteiger partial charge in [-0.25, -0.2) is 9.37 Å². The third-order valence-electron chi connectivity index (χ3n) is 4.69. The molecule has 124 valence electrons. The van der Waals surface area contributed by atoms with Crippen molar-refractivity contribution in [3.8, 4) is 16.9 Å². The third kappa shape index (κ3) is 2.86. The highest BCUT2D eigenvalue weighted by Gasteiger charge is 2.31. The molecule has 0 unspecified atom stereocenters. The monoisotopic (exact) mass is 323 g/mol. The summed E-state index contributed by atoms with van der Waals surface area (Å²) in [4.78, 5) is 4.75. The highest BCUT2D eigenvalue weighted by Crippen LogP contribution is 2.46. The number of rotatable bonds is 4. The molecular formula is C21H22FNO. The Labute approximate surface area is 142 Å². The summed E-state index contributed by atoms with van der Waals surface area (Å²) < 4.78 is 19.8. The molecule has 3 heteroatoms. The van der Waals surface area contributed by atoms with Crippen molar-refractivity contribution in [1.29, 1.82) is 0 Å². The van der Waals surface area contributed by atoms with Crippen molar-refractivity contribution < 1.29 is 9.13 Å². The van der Waals surface area contributed by atoms with Gasteiger partial charge in [0.2, 0.25) is 0 Å². The molecule has 0 amide bonds. The van der Waals surface area contributed by atoms with Crippen molar-refractivity contribution in [2.75, 3.05) is 7.11 Å². The quantitative estimate of drug-likeness (QED) is 0.715. The van der Waals surface area contributed by atoms with Gasteiger partial charge in [0.05, 0.1) is 18.5 Å². The van der Waals surface area contributed by atoms with Crippen molar-refractivity contribution in [2.45, 2.75) is 26.7 Å². The van der Waals surface area contributed by atoms with Gasteiger partial charge in [0, 0.05) is 11.1 Å². The molecule has 2 nitrogen and oxygen atoms in total. The largest absolute Gasteiger partial charge is 0.497 e. The molecule has 0 saturated heterocycles. The first-order valence-corrected chi connectivity index (χ1v) is 8.14. The molecule has 0 N–H and O–H groups in total. The van der Waals surface area contributed by atoms with Gasteiger partial charge >= 0.3 is 0 Å². The fraction of sp³-hybridized carbons (Fsp3) is 0.286. The van der Waals surface area contributed by atoms with Gasteiger partial charge in [0.1, 0.15) is 11.6 Å². The van der Waals surface area contributed by atoms with E-state index in [1.807, 2.05) is 12.1 Å². The summed E-state index contributed by atoms with van der Waals surface area (Å²) in [6, 6.07) is 8.59. The van der Waals surface area contributed by atoms with E-state index in [9.17, 15) is 4.39 Å². The summed E-state index contributed by atoms with van der Waals surface area (Å²) in [5, 5.41) is 0. The Hall–Kier alpha value is -2.42. The maximum absolute atomic E-state index is 14.5. The molecule has 1 aromatic carbocycles. The Bertz CT molecular complexity index is 821. The first-order valence-electron chi connectivity index (χ1n) is 8.14. The number of nitrogens with zero attached hydrogens (tertiary/aromatic N) is 1. The van der Waals surface area contributed by atoms with E-state index in [-0.39, 0.29) is 11.2 Å². The van der Waals surface area contributed by atoms with Crippen molar-refractivity contribution in [1.82, 2.24) is 4.98 Å². The molecule has 0 aliphatic heterocycles. The van der Waals surface area contributed by atoms with Gasteiger partial charge in [-0.2, -0.15) is 0 Å². The van der Waals surface area contributed by atoms with E-state index in [0.717, 1.165) is 29.8 Å². The lowest BCUT2D eigenvalue weighted by molar-refractivity contribution is 0.414. The van der Waals surface area contributed by atoms with Gasteiger partial charge in [-0.05, 0) is 60.2 Å². The van der Waals surface area contributed by atoms with E-state index in [4.69, 9.17) is 9.72 Å². The molecular weight excluding hydrogens is 301 g/mol. The second-order valence-corrected chi connectivity index (χ2v) is 6.72. The van der Waals surface area contributed by atoms with Crippen LogP contribution in [0.3, 0.4) is 0 Å². The molecule has 0 bridgehead atoms. The first kappa shape index (κ1) is 16.4. The standard InChI is InChI=1S/C21H22FNO/c1-5-14-8-10-16(17-13-15(24-4)9-11-19(17)22)20(23-14)18-7-6-12-21(18,2)3/h5,7-11,13H,1,6,12H2,2-4H3. The van der Waals surface area contributed by atoms with Crippen LogP contribution in [0, 0.1) is 11.2 Å². The third-order valence-corrected chi connectivity index (χ3v) is 4.69. The number of halogens is 1. The molecule has 0 radical (unpaired) electrons. The van der Waals surface area contributed by atoms with Gasteiger partial charge in [0.25, 0.3) is 0 Å². The maximum atomic E-state index is 14.5. The van der Waals surface area contributed by atoms with E-state index in [2.05, 4.69) is 26.5 Å². The Kier molecular flexibility index (Phi) is 4.27. The van der Waals surface area contributed by atoms with Gasteiger partial charge < -0.3 is 4.74 Å². The molecule has 0 fully saturated rings. The van der Waals surface area contributed by atoms with Gasteiger partial charge in [-0.15, -0.1) is 0 Å². The molecule has 0 spiro atoms. The molecule has 2 aromatic rings. The van der Waals surface area contributed by atoms with Crippen LogP contribution in [-0.4, -0.2) is 12.1 Å². The molecule has 1 aliphatic carbocycles. The van der Waals surface area contributed by atoms with E-state index in [1.54, 1.807) is 25.3 Å². The predicted octanol–water partition coefficient (Wildman–Crippen LogP) is 5.74. The zero-order valence-corrected chi connectivity index (χ0v) is 14.4. The van der Waals surface area contributed by atoms with E-state index >= 15 is 0 Å². The number of benzene rings is 1. The lowest BCUT2D eigenvalue weighted by Crippen LogP contribution is -2.11. The summed E-state index contributed by atoms with van der Waals surface area (Å²) in [7, 11) is 1.58. The van der Waals surface area contributed by atoms with E-state index in [1.165, 1.54) is 11.6 Å². The Morgan fingerprint density at radius 1 is 1.21 bits per heavy atom. The number of pyridine rings is 1. The molecule has 3 rings (SSSR count). The fourth-order valence-corrected chi connectivity index (χ4v) is 3.25. The van der Waals surface area contributed by atoms with Crippen LogP contribution >= 0.6 is 0 Å². The van der Waals surface area contributed by atoms with Crippen LogP contribution in [0.5, 0.6) is 5.75 Å². The van der Waals surface area contributed by atoms with E-state index < -0.39 is 0 Å². The van der Waals surface area contributed by atoms with Crippen LogP contribution < -0.4 is 4.74 Å². The SMILES string of the molecule is C=Cc1ccc(-c2cc(OC)ccc2F)c(C2=CCCC2(C)C)n1. The lowest BCUT2D eigenvalue weighted by Gasteiger charge is -2.24. The Balaban J connectivity index is 2.24. The minimum Gasteiger partial charge on any atom is -0.497 e. The van der Waals surface area contributed by atoms with Crippen LogP contribution in [0.15, 0.2) is 43.0 Å². The minimum atomic E-state index is -0.276. The average Bonchev–Trinajstić information content (AvgIpc) is 2.94. The van der Waals surface area contributed by atoms with Gasteiger partial charge in [-0.3, -0.25) is 0 Å². The zero-order chi connectivity index (χ0) is 17.3. The second kappa shape index (κ2) is 6.23. The lowest BCUT2D eigenvalue weighted by atomic mass is 9.82. The summed E-state index contributed by atoms with van der Waals surface area (Å²) in [5.74, 6) is 0.353. The van der Waals surface area contributed by atoms with E-state index in [0.29, 0.717) is 11.3 Å². The van der Waals surface area contributed by atoms with Crippen LogP contribution in [0.4, 0.5) is 4.39 Å². The number of allylic oxidation sites excluding steroid dienone is 2. The minimum absolute atomic E-state index is 0.0247. The molecule has 24 heavy (non-hydrogen) atoms. The molecule has 1 aromatic heterocycles. The van der Waals surface area contributed by atoms with Crippen molar-refractivity contribution >= 4 is 11.6 Å². The first-order chi connectivity index (χ1) is 11.5. The molecule has 0 saturated carbocycles. The second-order valence-electron chi connectivity index (χ2n) is 6.72. The summed E-state index contributed by atoms with van der Waals surface area (Å²) in [5.41, 5.74) is 4.12. The summed E-state index contributed by atoms with van der Waals surface area (Å²) in [6.07, 6.45) is 6.03. The smallest absolute Gasteiger partial charge is 0.131 e. The number of aromatic nitrogens is 1. The summed E-state index contributed by atoms with van der Waals surface area (Å²) in [6.45, 7) is 8.22. The van der Waals surface area contributed by atoms with Crippen LogP contribution in [0.1, 0.15) is 38.1 Å². The maximum Gasteiger partial charge on any atom is 0.131 e. The predicted molar refractivity (Wildman–Crippen MR) is 97.3 cm³/mol. The number of hydrogen-bond donors (Lipinski definition) is 0.